The summed E-state index contributed by atoms with van der Waals surface area (Å²) < 4.78 is 5.57. The lowest BCUT2D eigenvalue weighted by Crippen LogP contribution is -1.89. The van der Waals surface area contributed by atoms with Gasteiger partial charge in [-0.05, 0) is 23.8 Å². The average Bonchev–Trinajstić information content (AvgIpc) is 2.42. The SMILES string of the molecule is N#CCc1ccc(Oc2cnccc2C#N)cc1. The molecule has 2 rings (SSSR count). The zero-order valence-corrected chi connectivity index (χ0v) is 9.50. The summed E-state index contributed by atoms with van der Waals surface area (Å²) in [6.07, 6.45) is 3.42. The Bertz CT molecular complexity index is 621. The first kappa shape index (κ1) is 11.6. The lowest BCUT2D eigenvalue weighted by molar-refractivity contribution is 0.478. The Morgan fingerprint density at radius 2 is 1.89 bits per heavy atom. The molecular weight excluding hydrogens is 226 g/mol. The Kier molecular flexibility index (Phi) is 3.53. The van der Waals surface area contributed by atoms with Gasteiger partial charge in [0.05, 0.1) is 24.3 Å². The largest absolute Gasteiger partial charge is 0.454 e. The Labute approximate surface area is 105 Å². The van der Waals surface area contributed by atoms with Gasteiger partial charge in [-0.2, -0.15) is 10.5 Å². The van der Waals surface area contributed by atoms with E-state index in [1.165, 1.54) is 6.20 Å². The van der Waals surface area contributed by atoms with Gasteiger partial charge < -0.3 is 4.74 Å². The summed E-state index contributed by atoms with van der Waals surface area (Å²) in [5.41, 5.74) is 1.36. The fourth-order valence-electron chi connectivity index (χ4n) is 1.45. The monoisotopic (exact) mass is 235 g/mol. The number of nitrogens with zero attached hydrogens (tertiary/aromatic N) is 3. The molecule has 0 spiro atoms. The zero-order valence-electron chi connectivity index (χ0n) is 9.50. The zero-order chi connectivity index (χ0) is 12.8. The second-order valence-corrected chi connectivity index (χ2v) is 3.56. The molecule has 0 amide bonds. The first-order chi connectivity index (χ1) is 8.83. The lowest BCUT2D eigenvalue weighted by atomic mass is 10.2. The predicted molar refractivity (Wildman–Crippen MR) is 64.8 cm³/mol. The third-order valence-electron chi connectivity index (χ3n) is 2.34. The van der Waals surface area contributed by atoms with Crippen LogP contribution in [0.1, 0.15) is 11.1 Å². The van der Waals surface area contributed by atoms with Crippen LogP contribution in [0, 0.1) is 22.7 Å². The highest BCUT2D eigenvalue weighted by Crippen LogP contribution is 2.24. The lowest BCUT2D eigenvalue weighted by Gasteiger charge is -2.06. The van der Waals surface area contributed by atoms with Crippen LogP contribution < -0.4 is 4.74 Å². The molecule has 0 aliphatic rings. The summed E-state index contributed by atoms with van der Waals surface area (Å²) >= 11 is 0. The second kappa shape index (κ2) is 5.47. The summed E-state index contributed by atoms with van der Waals surface area (Å²) in [5, 5.41) is 17.5. The molecule has 0 N–H and O–H groups in total. The Balaban J connectivity index is 2.19. The molecule has 0 saturated heterocycles. The van der Waals surface area contributed by atoms with E-state index in [2.05, 4.69) is 11.1 Å². The normalized spacial score (nSPS) is 9.22. The van der Waals surface area contributed by atoms with E-state index in [1.807, 2.05) is 18.2 Å². The highest BCUT2D eigenvalue weighted by molar-refractivity contribution is 5.43. The Morgan fingerprint density at radius 1 is 1.11 bits per heavy atom. The second-order valence-electron chi connectivity index (χ2n) is 3.56. The van der Waals surface area contributed by atoms with Gasteiger partial charge in [-0.15, -0.1) is 0 Å². The number of aromatic nitrogens is 1. The predicted octanol–water partition coefficient (Wildman–Crippen LogP) is 2.81. The molecule has 1 aromatic heterocycles. The number of benzene rings is 1. The molecule has 0 radical (unpaired) electrons. The maximum Gasteiger partial charge on any atom is 0.163 e. The van der Waals surface area contributed by atoms with Crippen LogP contribution in [-0.2, 0) is 6.42 Å². The summed E-state index contributed by atoms with van der Waals surface area (Å²) in [6, 6.07) is 12.9. The first-order valence-corrected chi connectivity index (χ1v) is 5.31. The molecule has 4 nitrogen and oxygen atoms in total. The van der Waals surface area contributed by atoms with E-state index < -0.39 is 0 Å². The average molecular weight is 235 g/mol. The van der Waals surface area contributed by atoms with Crippen molar-refractivity contribution in [3.05, 3.63) is 53.9 Å². The van der Waals surface area contributed by atoms with Crippen LogP contribution in [0.15, 0.2) is 42.7 Å². The molecule has 0 unspecified atom stereocenters. The van der Waals surface area contributed by atoms with Gasteiger partial charge in [-0.1, -0.05) is 12.1 Å². The molecule has 0 saturated carbocycles. The highest BCUT2D eigenvalue weighted by Gasteiger charge is 2.04. The van der Waals surface area contributed by atoms with Gasteiger partial charge in [-0.3, -0.25) is 4.98 Å². The van der Waals surface area contributed by atoms with Crippen molar-refractivity contribution >= 4 is 0 Å². The minimum atomic E-state index is 0.372. The molecule has 0 fully saturated rings. The molecule has 0 aliphatic carbocycles. The van der Waals surface area contributed by atoms with Gasteiger partial charge >= 0.3 is 0 Å². The number of nitriles is 2. The molecule has 4 heteroatoms. The number of ether oxygens (including phenoxy) is 1. The summed E-state index contributed by atoms with van der Waals surface area (Å²) in [7, 11) is 0. The van der Waals surface area contributed by atoms with Gasteiger partial charge in [0.25, 0.3) is 0 Å². The van der Waals surface area contributed by atoms with Crippen molar-refractivity contribution in [1.82, 2.24) is 4.98 Å². The quantitative estimate of drug-likeness (QED) is 0.820. The van der Waals surface area contributed by atoms with E-state index in [4.69, 9.17) is 15.3 Å². The van der Waals surface area contributed by atoms with Crippen LogP contribution >= 0.6 is 0 Å². The smallest absolute Gasteiger partial charge is 0.163 e. The first-order valence-electron chi connectivity index (χ1n) is 5.31. The maximum absolute atomic E-state index is 8.92. The summed E-state index contributed by atoms with van der Waals surface area (Å²) in [6.45, 7) is 0. The molecule has 86 valence electrons. The van der Waals surface area contributed by atoms with Gasteiger partial charge in [0, 0.05) is 6.20 Å². The molecule has 1 aromatic carbocycles. The third-order valence-corrected chi connectivity index (χ3v) is 2.34. The van der Waals surface area contributed by atoms with Crippen LogP contribution in [0.4, 0.5) is 0 Å². The topological polar surface area (TPSA) is 69.7 Å². The fraction of sp³-hybridized carbons (Fsp3) is 0.0714. The summed E-state index contributed by atoms with van der Waals surface area (Å²) in [4.78, 5) is 3.92. The molecular formula is C14H9N3O. The fourth-order valence-corrected chi connectivity index (χ4v) is 1.45. The van der Waals surface area contributed by atoms with Crippen molar-refractivity contribution in [2.24, 2.45) is 0 Å². The highest BCUT2D eigenvalue weighted by atomic mass is 16.5. The van der Waals surface area contributed by atoms with Crippen molar-refractivity contribution in [3.8, 4) is 23.6 Å². The van der Waals surface area contributed by atoms with Crippen LogP contribution in [-0.4, -0.2) is 4.98 Å². The van der Waals surface area contributed by atoms with Crippen molar-refractivity contribution in [2.75, 3.05) is 0 Å². The van der Waals surface area contributed by atoms with Crippen molar-refractivity contribution in [1.29, 1.82) is 10.5 Å². The van der Waals surface area contributed by atoms with Crippen LogP contribution in [0.5, 0.6) is 11.5 Å². The van der Waals surface area contributed by atoms with Crippen LogP contribution in [0.3, 0.4) is 0 Å². The number of hydrogen-bond donors (Lipinski definition) is 0. The molecule has 2 aromatic rings. The van der Waals surface area contributed by atoms with E-state index in [-0.39, 0.29) is 0 Å². The van der Waals surface area contributed by atoms with Gasteiger partial charge in [-0.25, -0.2) is 0 Å². The minimum Gasteiger partial charge on any atom is -0.454 e. The maximum atomic E-state index is 8.92. The van der Waals surface area contributed by atoms with Gasteiger partial charge in [0.2, 0.25) is 0 Å². The molecule has 1 heterocycles. The van der Waals surface area contributed by atoms with Gasteiger partial charge in [0.1, 0.15) is 11.8 Å². The van der Waals surface area contributed by atoms with Gasteiger partial charge in [0.15, 0.2) is 5.75 Å². The van der Waals surface area contributed by atoms with Crippen molar-refractivity contribution < 1.29 is 4.74 Å². The molecule has 18 heavy (non-hydrogen) atoms. The Morgan fingerprint density at radius 3 is 2.56 bits per heavy atom. The number of hydrogen-bond acceptors (Lipinski definition) is 4. The standard InChI is InChI=1S/C14H9N3O/c15-7-5-11-1-3-13(4-2-11)18-14-10-17-8-6-12(14)9-16/h1-4,6,8,10H,5H2. The number of rotatable bonds is 3. The third kappa shape index (κ3) is 2.63. The van der Waals surface area contributed by atoms with Crippen molar-refractivity contribution in [2.45, 2.75) is 6.42 Å². The van der Waals surface area contributed by atoms with Crippen LogP contribution in [0.2, 0.25) is 0 Å². The van der Waals surface area contributed by atoms with E-state index in [0.29, 0.717) is 23.5 Å². The van der Waals surface area contributed by atoms with E-state index >= 15 is 0 Å². The number of pyridine rings is 1. The Hall–Kier alpha value is -2.85. The van der Waals surface area contributed by atoms with Crippen LogP contribution in [0.25, 0.3) is 0 Å². The minimum absolute atomic E-state index is 0.372. The summed E-state index contributed by atoms with van der Waals surface area (Å²) in [5.74, 6) is 1.04. The molecule has 0 atom stereocenters. The molecule has 0 aliphatic heterocycles. The van der Waals surface area contributed by atoms with E-state index in [1.54, 1.807) is 24.4 Å². The molecule has 0 bridgehead atoms. The van der Waals surface area contributed by atoms with E-state index in [9.17, 15) is 0 Å². The van der Waals surface area contributed by atoms with Crippen molar-refractivity contribution in [3.63, 3.8) is 0 Å². The van der Waals surface area contributed by atoms with E-state index in [0.717, 1.165) is 5.56 Å².